The first-order chi connectivity index (χ1) is 15.1. The number of hydrazine groups is 1. The maximum Gasteiger partial charge on any atom is 0.344 e. The largest absolute Gasteiger partial charge is 0.493 e. The van der Waals surface area contributed by atoms with Crippen LogP contribution in [-0.4, -0.2) is 47.9 Å². The molecule has 0 aliphatic carbocycles. The number of nitrogens with one attached hydrogen (secondary N) is 1. The van der Waals surface area contributed by atoms with Crippen LogP contribution in [0.1, 0.15) is 12.5 Å². The van der Waals surface area contributed by atoms with Crippen molar-refractivity contribution in [2.45, 2.75) is 17.9 Å². The summed E-state index contributed by atoms with van der Waals surface area (Å²) < 4.78 is 35.7. The number of hydrogen-bond acceptors (Lipinski definition) is 8. The number of methoxy groups -OCH3 is 1. The lowest BCUT2D eigenvalue weighted by atomic mass is 10.2. The minimum Gasteiger partial charge on any atom is -0.493 e. The average molecular weight is 495 g/mol. The second kappa shape index (κ2) is 9.69. The van der Waals surface area contributed by atoms with Crippen LogP contribution in [0.15, 0.2) is 58.3 Å². The van der Waals surface area contributed by atoms with Gasteiger partial charge in [0.25, 0.3) is 15.9 Å². The van der Waals surface area contributed by atoms with Crippen LogP contribution in [-0.2, 0) is 19.6 Å². The summed E-state index contributed by atoms with van der Waals surface area (Å²) in [7, 11) is -2.60. The molecule has 2 N–H and O–H groups in total. The van der Waals surface area contributed by atoms with Gasteiger partial charge in [-0.15, -0.1) is 4.83 Å². The van der Waals surface area contributed by atoms with E-state index in [1.165, 1.54) is 38.3 Å². The Balaban J connectivity index is 1.82. The molecule has 2 aromatic carbocycles. The summed E-state index contributed by atoms with van der Waals surface area (Å²) in [5.74, 6) is -1.26. The number of thiocarbonyl (C=S) groups is 1. The van der Waals surface area contributed by atoms with Gasteiger partial charge in [0.2, 0.25) is 0 Å². The SMILES string of the molecule is COc1cc(/C=C2/SC(=S)N(NS(=O)(=O)c3ccccc3)C2=O)ccc1OC(C)C(=O)O. The van der Waals surface area contributed by atoms with E-state index in [2.05, 4.69) is 4.83 Å². The molecule has 1 aliphatic rings. The smallest absolute Gasteiger partial charge is 0.344 e. The summed E-state index contributed by atoms with van der Waals surface area (Å²) in [5, 5.41) is 9.81. The Kier molecular flexibility index (Phi) is 7.19. The minimum atomic E-state index is -4.00. The second-order valence-electron chi connectivity index (χ2n) is 6.43. The van der Waals surface area contributed by atoms with Gasteiger partial charge in [0.15, 0.2) is 21.9 Å². The van der Waals surface area contributed by atoms with Crippen LogP contribution >= 0.6 is 24.0 Å². The Morgan fingerprint density at radius 3 is 2.53 bits per heavy atom. The molecule has 0 aromatic heterocycles. The number of carbonyl (C=O) groups excluding carboxylic acids is 1. The topological polar surface area (TPSA) is 122 Å². The molecule has 168 valence electrons. The number of thioether (sulfide) groups is 1. The maximum absolute atomic E-state index is 12.8. The molecular formula is C20H18N2O7S3. The average Bonchev–Trinajstić information content (AvgIpc) is 3.02. The van der Waals surface area contributed by atoms with E-state index < -0.39 is 28.0 Å². The molecule has 1 unspecified atom stereocenters. The molecule has 3 rings (SSSR count). The van der Waals surface area contributed by atoms with Crippen LogP contribution < -0.4 is 14.3 Å². The van der Waals surface area contributed by atoms with Crippen LogP contribution in [0.2, 0.25) is 0 Å². The standard InChI is InChI=1S/C20H18N2O7S3/c1-12(19(24)25)29-15-9-8-13(10-16(15)28-2)11-17-18(23)22(20(30)31-17)21-32(26,27)14-6-4-3-5-7-14/h3-12,21H,1-2H3,(H,24,25)/b17-11+. The van der Waals surface area contributed by atoms with Gasteiger partial charge in [-0.1, -0.05) is 48.2 Å². The lowest BCUT2D eigenvalue weighted by molar-refractivity contribution is -0.144. The first-order valence-electron chi connectivity index (χ1n) is 9.05. The summed E-state index contributed by atoms with van der Waals surface area (Å²) in [5.41, 5.74) is 0.545. The van der Waals surface area contributed by atoms with Crippen molar-refractivity contribution >= 4 is 56.3 Å². The van der Waals surface area contributed by atoms with Crippen molar-refractivity contribution in [2.24, 2.45) is 0 Å². The lowest BCUT2D eigenvalue weighted by Gasteiger charge is -2.16. The summed E-state index contributed by atoms with van der Waals surface area (Å²) in [6.45, 7) is 1.39. The fourth-order valence-corrected chi connectivity index (χ4v) is 4.91. The first kappa shape index (κ1) is 23.7. The fraction of sp³-hybridized carbons (Fsp3) is 0.150. The van der Waals surface area contributed by atoms with E-state index in [0.29, 0.717) is 5.56 Å². The molecule has 1 saturated heterocycles. The molecule has 12 heteroatoms. The number of sulfonamides is 1. The summed E-state index contributed by atoms with van der Waals surface area (Å²) in [6, 6.07) is 12.3. The van der Waals surface area contributed by atoms with E-state index in [-0.39, 0.29) is 25.6 Å². The molecule has 1 aliphatic heterocycles. The van der Waals surface area contributed by atoms with E-state index in [9.17, 15) is 18.0 Å². The maximum atomic E-state index is 12.8. The number of carboxylic acid groups (broad SMARTS) is 1. The quantitative estimate of drug-likeness (QED) is 0.421. The summed E-state index contributed by atoms with van der Waals surface area (Å²) in [4.78, 5) is 26.2. The zero-order valence-electron chi connectivity index (χ0n) is 16.8. The van der Waals surface area contributed by atoms with E-state index >= 15 is 0 Å². The Labute approximate surface area is 194 Å². The number of benzene rings is 2. The van der Waals surface area contributed by atoms with Gasteiger partial charge < -0.3 is 14.6 Å². The van der Waals surface area contributed by atoms with Gasteiger partial charge in [-0.05, 0) is 42.8 Å². The van der Waals surface area contributed by atoms with Crippen LogP contribution in [0.4, 0.5) is 0 Å². The molecule has 2 aromatic rings. The number of carboxylic acids is 1. The Morgan fingerprint density at radius 1 is 1.22 bits per heavy atom. The molecule has 1 amide bonds. The molecule has 0 spiro atoms. The summed E-state index contributed by atoms with van der Waals surface area (Å²) in [6.07, 6.45) is 0.437. The monoisotopic (exact) mass is 494 g/mol. The van der Waals surface area contributed by atoms with Gasteiger partial charge in [0, 0.05) is 0 Å². The Morgan fingerprint density at radius 2 is 1.91 bits per heavy atom. The van der Waals surface area contributed by atoms with E-state index in [4.69, 9.17) is 26.8 Å². The van der Waals surface area contributed by atoms with Crippen molar-refractivity contribution in [3.8, 4) is 11.5 Å². The van der Waals surface area contributed by atoms with E-state index in [1.807, 2.05) is 0 Å². The third-order valence-corrected chi connectivity index (χ3v) is 6.81. The predicted molar refractivity (Wildman–Crippen MR) is 122 cm³/mol. The number of rotatable bonds is 8. The molecule has 0 saturated carbocycles. The fourth-order valence-electron chi connectivity index (χ4n) is 2.58. The van der Waals surface area contributed by atoms with Gasteiger partial charge in [-0.3, -0.25) is 4.79 Å². The van der Waals surface area contributed by atoms with Crippen LogP contribution in [0, 0.1) is 0 Å². The number of nitrogens with zero attached hydrogens (tertiary/aromatic N) is 1. The lowest BCUT2D eigenvalue weighted by Crippen LogP contribution is -2.44. The van der Waals surface area contributed by atoms with Crippen molar-refractivity contribution in [1.29, 1.82) is 0 Å². The zero-order chi connectivity index (χ0) is 23.5. The number of carbonyl (C=O) groups is 2. The van der Waals surface area contributed by atoms with Gasteiger partial charge in [0.05, 0.1) is 16.9 Å². The van der Waals surface area contributed by atoms with Crippen LogP contribution in [0.5, 0.6) is 11.5 Å². The number of ether oxygens (including phenoxy) is 2. The highest BCUT2D eigenvalue weighted by molar-refractivity contribution is 8.26. The molecule has 0 bridgehead atoms. The van der Waals surface area contributed by atoms with Crippen molar-refractivity contribution in [1.82, 2.24) is 9.84 Å². The van der Waals surface area contributed by atoms with Gasteiger partial charge in [0.1, 0.15) is 0 Å². The number of hydrogen-bond donors (Lipinski definition) is 2. The molecule has 0 radical (unpaired) electrons. The zero-order valence-corrected chi connectivity index (χ0v) is 19.3. The van der Waals surface area contributed by atoms with Gasteiger partial charge in [-0.25, -0.2) is 18.2 Å². The number of amides is 1. The first-order valence-corrected chi connectivity index (χ1v) is 11.8. The van der Waals surface area contributed by atoms with Crippen molar-refractivity contribution < 1.29 is 32.6 Å². The molecule has 32 heavy (non-hydrogen) atoms. The van der Waals surface area contributed by atoms with E-state index in [0.717, 1.165) is 16.8 Å². The highest BCUT2D eigenvalue weighted by Gasteiger charge is 2.35. The Bertz CT molecular complexity index is 1200. The molecule has 9 nitrogen and oxygen atoms in total. The summed E-state index contributed by atoms with van der Waals surface area (Å²) >= 11 is 6.11. The van der Waals surface area contributed by atoms with Gasteiger partial charge in [-0.2, -0.15) is 0 Å². The molecule has 1 fully saturated rings. The van der Waals surface area contributed by atoms with Crippen molar-refractivity contribution in [3.05, 3.63) is 59.0 Å². The minimum absolute atomic E-state index is 0.00561. The van der Waals surface area contributed by atoms with E-state index in [1.54, 1.807) is 30.3 Å². The van der Waals surface area contributed by atoms with Crippen LogP contribution in [0.3, 0.4) is 0 Å². The van der Waals surface area contributed by atoms with Crippen molar-refractivity contribution in [2.75, 3.05) is 7.11 Å². The van der Waals surface area contributed by atoms with Gasteiger partial charge >= 0.3 is 5.97 Å². The highest BCUT2D eigenvalue weighted by Crippen LogP contribution is 2.34. The number of aliphatic carboxylic acids is 1. The van der Waals surface area contributed by atoms with Crippen LogP contribution in [0.25, 0.3) is 6.08 Å². The molecule has 1 heterocycles. The normalized spacial score (nSPS) is 16.3. The Hall–Kier alpha value is -2.93. The third-order valence-electron chi connectivity index (χ3n) is 4.20. The predicted octanol–water partition coefficient (Wildman–Crippen LogP) is 2.64. The second-order valence-corrected chi connectivity index (χ2v) is 9.77. The molecule has 1 atom stereocenters. The van der Waals surface area contributed by atoms with Crippen molar-refractivity contribution in [3.63, 3.8) is 0 Å². The molecular weight excluding hydrogens is 476 g/mol. The third kappa shape index (κ3) is 5.27. The highest BCUT2D eigenvalue weighted by atomic mass is 32.2.